The molecule has 0 spiro atoms. The Morgan fingerprint density at radius 3 is 2.53 bits per heavy atom. The third kappa shape index (κ3) is 2.39. The van der Waals surface area contributed by atoms with Crippen LogP contribution in [0, 0.1) is 10.1 Å². The molecule has 5 nitrogen and oxygen atoms in total. The van der Waals surface area contributed by atoms with E-state index in [1.54, 1.807) is 18.2 Å². The average molecular weight is 230 g/mol. The van der Waals surface area contributed by atoms with Crippen molar-refractivity contribution in [2.75, 3.05) is 5.32 Å². The minimum Gasteiger partial charge on any atom is -0.326 e. The first-order chi connectivity index (χ1) is 8.06. The van der Waals surface area contributed by atoms with Crippen LogP contribution in [0.25, 0.3) is 10.8 Å². The number of fused-ring (bicyclic) bond motifs is 1. The van der Waals surface area contributed by atoms with Crippen LogP contribution in [0.5, 0.6) is 0 Å². The van der Waals surface area contributed by atoms with Crippen LogP contribution in [-0.4, -0.2) is 10.8 Å². The molecule has 0 atom stereocenters. The van der Waals surface area contributed by atoms with E-state index in [2.05, 4.69) is 5.32 Å². The molecule has 5 heteroatoms. The lowest BCUT2D eigenvalue weighted by atomic mass is 10.1. The molecule has 2 aromatic carbocycles. The number of rotatable bonds is 2. The smallest absolute Gasteiger partial charge is 0.270 e. The van der Waals surface area contributed by atoms with Gasteiger partial charge in [-0.05, 0) is 29.0 Å². The zero-order chi connectivity index (χ0) is 12.4. The predicted molar refractivity (Wildman–Crippen MR) is 64.9 cm³/mol. The fourth-order valence-corrected chi connectivity index (χ4v) is 1.63. The summed E-state index contributed by atoms with van der Waals surface area (Å²) in [6.45, 7) is 1.41. The van der Waals surface area contributed by atoms with Crippen molar-refractivity contribution in [2.24, 2.45) is 0 Å². The Balaban J connectivity index is 2.50. The van der Waals surface area contributed by atoms with Crippen molar-refractivity contribution in [1.29, 1.82) is 0 Å². The number of carbonyl (C=O) groups excluding carboxylic acids is 1. The summed E-state index contributed by atoms with van der Waals surface area (Å²) in [7, 11) is 0. The Kier molecular flexibility index (Phi) is 2.74. The lowest BCUT2D eigenvalue weighted by molar-refractivity contribution is -0.384. The molecule has 0 fully saturated rings. The molecule has 0 aromatic heterocycles. The average Bonchev–Trinajstić information content (AvgIpc) is 2.27. The molecule has 0 aliphatic carbocycles. The molecule has 0 radical (unpaired) electrons. The first-order valence-corrected chi connectivity index (χ1v) is 5.02. The molecule has 2 aromatic rings. The van der Waals surface area contributed by atoms with Gasteiger partial charge in [0.25, 0.3) is 5.69 Å². The van der Waals surface area contributed by atoms with E-state index in [0.717, 1.165) is 10.8 Å². The maximum absolute atomic E-state index is 10.9. The summed E-state index contributed by atoms with van der Waals surface area (Å²) in [5, 5.41) is 14.9. The third-order valence-corrected chi connectivity index (χ3v) is 2.36. The molecule has 86 valence electrons. The Bertz CT molecular complexity index is 608. The topological polar surface area (TPSA) is 72.2 Å². The van der Waals surface area contributed by atoms with Gasteiger partial charge in [-0.15, -0.1) is 0 Å². The molecule has 0 bridgehead atoms. The number of nitro benzene ring substituents is 1. The monoisotopic (exact) mass is 230 g/mol. The lowest BCUT2D eigenvalue weighted by Gasteiger charge is -2.03. The van der Waals surface area contributed by atoms with E-state index in [9.17, 15) is 14.9 Å². The molecule has 17 heavy (non-hydrogen) atoms. The number of carbonyl (C=O) groups is 1. The van der Waals surface area contributed by atoms with Crippen molar-refractivity contribution in [2.45, 2.75) is 6.92 Å². The standard InChI is InChI=1S/C12H10N2O3/c1-8(15)13-11-4-2-9-3-5-12(14(16)17)7-10(9)6-11/h2-7H,1H3,(H,13,15). The highest BCUT2D eigenvalue weighted by molar-refractivity contribution is 5.93. The van der Waals surface area contributed by atoms with Gasteiger partial charge in [0.2, 0.25) is 5.91 Å². The van der Waals surface area contributed by atoms with E-state index < -0.39 is 4.92 Å². The summed E-state index contributed by atoms with van der Waals surface area (Å²) < 4.78 is 0. The highest BCUT2D eigenvalue weighted by Crippen LogP contribution is 2.23. The number of amides is 1. The molecule has 0 heterocycles. The number of nitro groups is 1. The fourth-order valence-electron chi connectivity index (χ4n) is 1.63. The summed E-state index contributed by atoms with van der Waals surface area (Å²) in [5.74, 6) is -0.171. The molecular formula is C12H10N2O3. The van der Waals surface area contributed by atoms with Crippen molar-refractivity contribution in [1.82, 2.24) is 0 Å². The van der Waals surface area contributed by atoms with Crippen LogP contribution in [-0.2, 0) is 4.79 Å². The van der Waals surface area contributed by atoms with Crippen LogP contribution in [0.15, 0.2) is 36.4 Å². The molecule has 0 aliphatic rings. The van der Waals surface area contributed by atoms with Gasteiger partial charge in [-0.2, -0.15) is 0 Å². The summed E-state index contributed by atoms with van der Waals surface area (Å²) in [6, 6.07) is 9.91. The number of nitrogens with one attached hydrogen (secondary N) is 1. The lowest BCUT2D eigenvalue weighted by Crippen LogP contribution is -2.05. The summed E-state index contributed by atoms with van der Waals surface area (Å²) in [4.78, 5) is 21.1. The van der Waals surface area contributed by atoms with Gasteiger partial charge in [-0.1, -0.05) is 6.07 Å². The molecule has 0 aliphatic heterocycles. The first-order valence-electron chi connectivity index (χ1n) is 5.02. The van der Waals surface area contributed by atoms with Gasteiger partial charge in [0.1, 0.15) is 0 Å². The van der Waals surface area contributed by atoms with Gasteiger partial charge in [0.05, 0.1) is 4.92 Å². The van der Waals surface area contributed by atoms with Gasteiger partial charge in [0.15, 0.2) is 0 Å². The highest BCUT2D eigenvalue weighted by atomic mass is 16.6. The van der Waals surface area contributed by atoms with E-state index in [4.69, 9.17) is 0 Å². The summed E-state index contributed by atoms with van der Waals surface area (Å²) in [5.41, 5.74) is 0.669. The largest absolute Gasteiger partial charge is 0.326 e. The molecule has 2 rings (SSSR count). The maximum Gasteiger partial charge on any atom is 0.270 e. The van der Waals surface area contributed by atoms with Crippen molar-refractivity contribution in [3.63, 3.8) is 0 Å². The number of benzene rings is 2. The van der Waals surface area contributed by atoms with Crippen LogP contribution in [0.2, 0.25) is 0 Å². The second-order valence-electron chi connectivity index (χ2n) is 3.68. The number of anilines is 1. The molecular weight excluding hydrogens is 220 g/mol. The normalized spacial score (nSPS) is 10.2. The van der Waals surface area contributed by atoms with Gasteiger partial charge < -0.3 is 5.32 Å². The predicted octanol–water partition coefficient (Wildman–Crippen LogP) is 2.71. The second kappa shape index (κ2) is 4.21. The van der Waals surface area contributed by atoms with Gasteiger partial charge >= 0.3 is 0 Å². The van der Waals surface area contributed by atoms with Crippen LogP contribution >= 0.6 is 0 Å². The van der Waals surface area contributed by atoms with Crippen LogP contribution in [0.1, 0.15) is 6.92 Å². The van der Waals surface area contributed by atoms with Crippen molar-refractivity contribution in [3.8, 4) is 0 Å². The van der Waals surface area contributed by atoms with Crippen LogP contribution < -0.4 is 5.32 Å². The third-order valence-electron chi connectivity index (χ3n) is 2.36. The van der Waals surface area contributed by atoms with Crippen molar-refractivity contribution in [3.05, 3.63) is 46.5 Å². The number of nitrogens with zero attached hydrogens (tertiary/aromatic N) is 1. The summed E-state index contributed by atoms with van der Waals surface area (Å²) in [6.07, 6.45) is 0. The van der Waals surface area contributed by atoms with Gasteiger partial charge in [-0.25, -0.2) is 0 Å². The van der Waals surface area contributed by atoms with E-state index in [0.29, 0.717) is 5.69 Å². The minimum absolute atomic E-state index is 0.0393. The zero-order valence-electron chi connectivity index (χ0n) is 9.14. The van der Waals surface area contributed by atoms with Crippen molar-refractivity contribution < 1.29 is 9.72 Å². The Labute approximate surface area is 97.2 Å². The number of non-ortho nitro benzene ring substituents is 1. The SMILES string of the molecule is CC(=O)Nc1ccc2ccc([N+](=O)[O-])cc2c1. The molecule has 1 N–H and O–H groups in total. The van der Waals surface area contributed by atoms with Crippen LogP contribution in [0.4, 0.5) is 11.4 Å². The Morgan fingerprint density at radius 1 is 1.18 bits per heavy atom. The van der Waals surface area contributed by atoms with Gasteiger partial charge in [0, 0.05) is 24.7 Å². The maximum atomic E-state index is 10.9. The Hall–Kier alpha value is -2.43. The van der Waals surface area contributed by atoms with E-state index in [1.165, 1.54) is 19.1 Å². The highest BCUT2D eigenvalue weighted by Gasteiger charge is 2.06. The van der Waals surface area contributed by atoms with E-state index >= 15 is 0 Å². The summed E-state index contributed by atoms with van der Waals surface area (Å²) >= 11 is 0. The van der Waals surface area contributed by atoms with E-state index in [-0.39, 0.29) is 11.6 Å². The van der Waals surface area contributed by atoms with Crippen molar-refractivity contribution >= 4 is 28.1 Å². The fraction of sp³-hybridized carbons (Fsp3) is 0.0833. The Morgan fingerprint density at radius 2 is 1.88 bits per heavy atom. The quantitative estimate of drug-likeness (QED) is 0.636. The van der Waals surface area contributed by atoms with Gasteiger partial charge in [-0.3, -0.25) is 14.9 Å². The first kappa shape index (κ1) is 11.1. The minimum atomic E-state index is -0.440. The van der Waals surface area contributed by atoms with E-state index in [1.807, 2.05) is 6.07 Å². The molecule has 0 saturated carbocycles. The zero-order valence-corrected chi connectivity index (χ0v) is 9.14. The second-order valence-corrected chi connectivity index (χ2v) is 3.68. The number of hydrogen-bond acceptors (Lipinski definition) is 3. The van der Waals surface area contributed by atoms with Crippen LogP contribution in [0.3, 0.4) is 0 Å². The molecule has 0 unspecified atom stereocenters. The number of hydrogen-bond donors (Lipinski definition) is 1. The molecule has 0 saturated heterocycles. The molecule has 1 amide bonds.